The second kappa shape index (κ2) is 7.94. The largest absolute Gasteiger partial charge is 0.462 e. The first-order chi connectivity index (χ1) is 12.2. The van der Waals surface area contributed by atoms with Gasteiger partial charge in [-0.2, -0.15) is 4.98 Å². The molecule has 3 rings (SSSR count). The zero-order valence-corrected chi connectivity index (χ0v) is 14.6. The molecule has 132 valence electrons. The van der Waals surface area contributed by atoms with Gasteiger partial charge in [0.15, 0.2) is 0 Å². The Morgan fingerprint density at radius 2 is 1.88 bits per heavy atom. The minimum atomic E-state index is -0.312. The Morgan fingerprint density at radius 3 is 2.56 bits per heavy atom. The van der Waals surface area contributed by atoms with E-state index in [1.54, 1.807) is 25.3 Å². The van der Waals surface area contributed by atoms with E-state index in [0.717, 1.165) is 43.6 Å². The van der Waals surface area contributed by atoms with E-state index in [-0.39, 0.29) is 5.97 Å². The summed E-state index contributed by atoms with van der Waals surface area (Å²) in [5.41, 5.74) is 1.39. The number of hydrogen-bond donors (Lipinski definition) is 1. The van der Waals surface area contributed by atoms with Gasteiger partial charge in [-0.3, -0.25) is 0 Å². The minimum absolute atomic E-state index is 0.312. The zero-order valence-electron chi connectivity index (χ0n) is 14.6. The van der Waals surface area contributed by atoms with Gasteiger partial charge in [0.1, 0.15) is 5.82 Å². The van der Waals surface area contributed by atoms with Gasteiger partial charge in [-0.15, -0.1) is 0 Å². The lowest BCUT2D eigenvalue weighted by Gasteiger charge is -2.32. The Morgan fingerprint density at radius 1 is 1.16 bits per heavy atom. The molecule has 0 unspecified atom stereocenters. The summed E-state index contributed by atoms with van der Waals surface area (Å²) in [4.78, 5) is 25.1. The van der Waals surface area contributed by atoms with Crippen molar-refractivity contribution in [3.05, 3.63) is 42.1 Å². The molecule has 0 atom stereocenters. The number of esters is 1. The van der Waals surface area contributed by atoms with Crippen molar-refractivity contribution in [2.75, 3.05) is 50.1 Å². The maximum atomic E-state index is 11.7. The number of anilines is 3. The Labute approximate surface area is 147 Å². The number of hydrogen-bond acceptors (Lipinski definition) is 7. The van der Waals surface area contributed by atoms with Crippen molar-refractivity contribution in [2.45, 2.75) is 6.92 Å². The predicted octanol–water partition coefficient (Wildman–Crippen LogP) is 2.15. The molecule has 0 bridgehead atoms. The molecule has 7 nitrogen and oxygen atoms in total. The molecule has 0 aliphatic carbocycles. The first kappa shape index (κ1) is 17.2. The standard InChI is InChI=1S/C18H23N5O2/c1-3-25-17(24)14-4-6-15(7-5-14)20-16-8-9-19-18(21-16)23-12-10-22(2)11-13-23/h4-9H,3,10-13H2,1-2H3,(H,19,20,21). The number of likely N-dealkylation sites (N-methyl/N-ethyl adjacent to an activating group) is 1. The monoisotopic (exact) mass is 341 g/mol. The lowest BCUT2D eigenvalue weighted by Crippen LogP contribution is -2.45. The lowest BCUT2D eigenvalue weighted by molar-refractivity contribution is 0.0526. The highest BCUT2D eigenvalue weighted by Gasteiger charge is 2.16. The van der Waals surface area contributed by atoms with Gasteiger partial charge < -0.3 is 19.9 Å². The Bertz CT molecular complexity index is 712. The first-order valence-corrected chi connectivity index (χ1v) is 8.46. The van der Waals surface area contributed by atoms with Crippen molar-refractivity contribution in [1.29, 1.82) is 0 Å². The predicted molar refractivity (Wildman–Crippen MR) is 97.4 cm³/mol. The van der Waals surface area contributed by atoms with Crippen LogP contribution in [0, 0.1) is 0 Å². The van der Waals surface area contributed by atoms with Gasteiger partial charge in [-0.1, -0.05) is 0 Å². The average Bonchev–Trinajstić information content (AvgIpc) is 2.63. The molecule has 1 aliphatic heterocycles. The van der Waals surface area contributed by atoms with E-state index < -0.39 is 0 Å². The molecule has 25 heavy (non-hydrogen) atoms. The fraction of sp³-hybridized carbons (Fsp3) is 0.389. The van der Waals surface area contributed by atoms with Crippen LogP contribution in [0.3, 0.4) is 0 Å². The normalized spacial score (nSPS) is 15.0. The molecule has 2 aromatic rings. The van der Waals surface area contributed by atoms with Crippen LogP contribution in [0.4, 0.5) is 17.5 Å². The van der Waals surface area contributed by atoms with E-state index in [9.17, 15) is 4.79 Å². The number of nitrogens with one attached hydrogen (secondary N) is 1. The summed E-state index contributed by atoms with van der Waals surface area (Å²) < 4.78 is 4.99. The molecule has 0 radical (unpaired) electrons. The van der Waals surface area contributed by atoms with Crippen LogP contribution in [-0.4, -0.2) is 60.7 Å². The second-order valence-corrected chi connectivity index (χ2v) is 5.96. The van der Waals surface area contributed by atoms with Crippen LogP contribution in [-0.2, 0) is 4.74 Å². The van der Waals surface area contributed by atoms with Crippen molar-refractivity contribution < 1.29 is 9.53 Å². The molecule has 1 saturated heterocycles. The molecule has 0 saturated carbocycles. The third-order valence-corrected chi connectivity index (χ3v) is 4.10. The molecule has 7 heteroatoms. The van der Waals surface area contributed by atoms with Crippen LogP contribution in [0.15, 0.2) is 36.5 Å². The summed E-state index contributed by atoms with van der Waals surface area (Å²) in [5, 5.41) is 3.25. The zero-order chi connectivity index (χ0) is 17.6. The Hall–Kier alpha value is -2.67. The minimum Gasteiger partial charge on any atom is -0.462 e. The fourth-order valence-corrected chi connectivity index (χ4v) is 2.63. The fourth-order valence-electron chi connectivity index (χ4n) is 2.63. The van der Waals surface area contributed by atoms with Gasteiger partial charge in [0, 0.05) is 38.1 Å². The van der Waals surface area contributed by atoms with Crippen LogP contribution >= 0.6 is 0 Å². The van der Waals surface area contributed by atoms with Gasteiger partial charge in [0.25, 0.3) is 0 Å². The van der Waals surface area contributed by atoms with Gasteiger partial charge in [-0.25, -0.2) is 9.78 Å². The van der Waals surface area contributed by atoms with E-state index in [2.05, 4.69) is 32.1 Å². The number of aromatic nitrogens is 2. The number of nitrogens with zero attached hydrogens (tertiary/aromatic N) is 4. The first-order valence-electron chi connectivity index (χ1n) is 8.46. The van der Waals surface area contributed by atoms with E-state index in [1.807, 2.05) is 18.2 Å². The van der Waals surface area contributed by atoms with Crippen molar-refractivity contribution in [1.82, 2.24) is 14.9 Å². The second-order valence-electron chi connectivity index (χ2n) is 5.96. The third-order valence-electron chi connectivity index (χ3n) is 4.10. The smallest absolute Gasteiger partial charge is 0.338 e. The third kappa shape index (κ3) is 4.45. The average molecular weight is 341 g/mol. The summed E-state index contributed by atoms with van der Waals surface area (Å²) >= 11 is 0. The summed E-state index contributed by atoms with van der Waals surface area (Å²) in [6.45, 7) is 6.03. The summed E-state index contributed by atoms with van der Waals surface area (Å²) in [5.74, 6) is 1.16. The van der Waals surface area contributed by atoms with Gasteiger partial charge >= 0.3 is 5.97 Å². The number of benzene rings is 1. The van der Waals surface area contributed by atoms with Gasteiger partial charge in [-0.05, 0) is 44.3 Å². The maximum absolute atomic E-state index is 11.7. The van der Waals surface area contributed by atoms with Crippen LogP contribution in [0.25, 0.3) is 0 Å². The number of rotatable bonds is 5. The lowest BCUT2D eigenvalue weighted by atomic mass is 10.2. The highest BCUT2D eigenvalue weighted by molar-refractivity contribution is 5.89. The maximum Gasteiger partial charge on any atom is 0.338 e. The van der Waals surface area contributed by atoms with Crippen LogP contribution < -0.4 is 10.2 Å². The van der Waals surface area contributed by atoms with Crippen LogP contribution in [0.1, 0.15) is 17.3 Å². The van der Waals surface area contributed by atoms with Crippen molar-refractivity contribution >= 4 is 23.4 Å². The number of carbonyl (C=O) groups is 1. The van der Waals surface area contributed by atoms with Crippen molar-refractivity contribution in [2.24, 2.45) is 0 Å². The summed E-state index contributed by atoms with van der Waals surface area (Å²) in [6, 6.07) is 8.98. The molecule has 1 aromatic heterocycles. The molecule has 1 N–H and O–H groups in total. The molecule has 1 fully saturated rings. The number of piperazine rings is 1. The van der Waals surface area contributed by atoms with E-state index in [1.165, 1.54) is 0 Å². The van der Waals surface area contributed by atoms with Crippen LogP contribution in [0.2, 0.25) is 0 Å². The molecule has 1 aromatic carbocycles. The van der Waals surface area contributed by atoms with E-state index in [4.69, 9.17) is 4.74 Å². The van der Waals surface area contributed by atoms with E-state index >= 15 is 0 Å². The van der Waals surface area contributed by atoms with E-state index in [0.29, 0.717) is 12.2 Å². The molecule has 2 heterocycles. The molecule has 0 spiro atoms. The SMILES string of the molecule is CCOC(=O)c1ccc(Nc2ccnc(N3CCN(C)CC3)n2)cc1. The summed E-state index contributed by atoms with van der Waals surface area (Å²) in [7, 11) is 2.12. The molecule has 0 amide bonds. The number of ether oxygens (including phenoxy) is 1. The van der Waals surface area contributed by atoms with Crippen LogP contribution in [0.5, 0.6) is 0 Å². The topological polar surface area (TPSA) is 70.6 Å². The van der Waals surface area contributed by atoms with Gasteiger partial charge in [0.05, 0.1) is 12.2 Å². The number of carbonyl (C=O) groups excluding carboxylic acids is 1. The summed E-state index contributed by atoms with van der Waals surface area (Å²) in [6.07, 6.45) is 1.76. The highest BCUT2D eigenvalue weighted by atomic mass is 16.5. The Balaban J connectivity index is 1.67. The molecular weight excluding hydrogens is 318 g/mol. The quantitative estimate of drug-likeness (QED) is 0.836. The van der Waals surface area contributed by atoms with Gasteiger partial charge in [0.2, 0.25) is 5.95 Å². The molecular formula is C18H23N5O2. The molecule has 1 aliphatic rings. The highest BCUT2D eigenvalue weighted by Crippen LogP contribution is 2.18. The van der Waals surface area contributed by atoms with Crippen molar-refractivity contribution in [3.8, 4) is 0 Å². The Kier molecular flexibility index (Phi) is 5.45. The van der Waals surface area contributed by atoms with Crippen molar-refractivity contribution in [3.63, 3.8) is 0 Å².